The second-order valence-corrected chi connectivity index (χ2v) is 4.36. The van der Waals surface area contributed by atoms with Crippen LogP contribution in [0.3, 0.4) is 0 Å². The molecule has 1 atom stereocenters. The molecule has 1 unspecified atom stereocenters. The van der Waals surface area contributed by atoms with E-state index in [9.17, 15) is 0 Å². The van der Waals surface area contributed by atoms with Crippen LogP contribution in [-0.4, -0.2) is 23.5 Å². The van der Waals surface area contributed by atoms with Gasteiger partial charge in [0.15, 0.2) is 5.76 Å². The lowest BCUT2D eigenvalue weighted by Gasteiger charge is -2.21. The Morgan fingerprint density at radius 2 is 2.20 bits per heavy atom. The van der Waals surface area contributed by atoms with E-state index in [2.05, 4.69) is 29.5 Å². The Kier molecular flexibility index (Phi) is 3.36. The molecule has 0 bridgehead atoms. The van der Waals surface area contributed by atoms with Gasteiger partial charge in [-0.3, -0.25) is 0 Å². The molecule has 1 aliphatic rings. The van der Waals surface area contributed by atoms with E-state index in [1.807, 2.05) is 0 Å². The van der Waals surface area contributed by atoms with Crippen molar-refractivity contribution in [3.63, 3.8) is 0 Å². The summed E-state index contributed by atoms with van der Waals surface area (Å²) in [6.45, 7) is 6.51. The molecule has 2 heterocycles. The number of aromatic nitrogens is 2. The van der Waals surface area contributed by atoms with Crippen molar-refractivity contribution in [3.8, 4) is 0 Å². The lowest BCUT2D eigenvalue weighted by Crippen LogP contribution is -2.27. The molecule has 0 aromatic carbocycles. The summed E-state index contributed by atoms with van der Waals surface area (Å²) in [7, 11) is 0. The van der Waals surface area contributed by atoms with Gasteiger partial charge in [-0.2, -0.15) is 0 Å². The van der Waals surface area contributed by atoms with Crippen LogP contribution in [0.25, 0.3) is 0 Å². The number of rotatable bonds is 3. The van der Waals surface area contributed by atoms with E-state index in [4.69, 9.17) is 4.52 Å². The highest BCUT2D eigenvalue weighted by Gasteiger charge is 2.25. The van der Waals surface area contributed by atoms with Gasteiger partial charge in [0, 0.05) is 17.1 Å². The van der Waals surface area contributed by atoms with Crippen LogP contribution in [0.15, 0.2) is 4.52 Å². The fraction of sp³-hybridized carbons (Fsp3) is 0.818. The quantitative estimate of drug-likeness (QED) is 0.827. The van der Waals surface area contributed by atoms with Crippen LogP contribution in [0.4, 0.5) is 0 Å². The zero-order valence-electron chi connectivity index (χ0n) is 9.49. The number of piperidine rings is 1. The van der Waals surface area contributed by atoms with Gasteiger partial charge in [-0.15, -0.1) is 5.10 Å². The maximum atomic E-state index is 5.34. The van der Waals surface area contributed by atoms with Crippen LogP contribution >= 0.6 is 0 Å². The lowest BCUT2D eigenvalue weighted by molar-refractivity contribution is 0.315. The van der Waals surface area contributed by atoms with Crippen LogP contribution in [-0.2, 0) is 0 Å². The summed E-state index contributed by atoms with van der Waals surface area (Å²) in [5.74, 6) is 2.01. The number of hydrogen-bond acceptors (Lipinski definition) is 4. The summed E-state index contributed by atoms with van der Waals surface area (Å²) in [6, 6.07) is 0. The van der Waals surface area contributed by atoms with E-state index in [1.165, 1.54) is 0 Å². The summed E-state index contributed by atoms with van der Waals surface area (Å²) < 4.78 is 5.34. The smallest absolute Gasteiger partial charge is 0.163 e. The van der Waals surface area contributed by atoms with E-state index < -0.39 is 0 Å². The Labute approximate surface area is 90.4 Å². The van der Waals surface area contributed by atoms with Crippen molar-refractivity contribution in [1.29, 1.82) is 0 Å². The third-order valence-electron chi connectivity index (χ3n) is 3.33. The molecule has 0 spiro atoms. The SMILES string of the molecule is CCC(C)c1nnoc1C1CCNCC1. The van der Waals surface area contributed by atoms with Crippen LogP contribution in [0.5, 0.6) is 0 Å². The molecule has 84 valence electrons. The average molecular weight is 209 g/mol. The molecule has 2 rings (SSSR count). The maximum Gasteiger partial charge on any atom is 0.163 e. The van der Waals surface area contributed by atoms with E-state index >= 15 is 0 Å². The molecule has 15 heavy (non-hydrogen) atoms. The highest BCUT2D eigenvalue weighted by molar-refractivity contribution is 5.16. The Balaban J connectivity index is 2.15. The maximum absolute atomic E-state index is 5.34. The third kappa shape index (κ3) is 2.20. The predicted octanol–water partition coefficient (Wildman–Crippen LogP) is 2.05. The van der Waals surface area contributed by atoms with Gasteiger partial charge in [0.1, 0.15) is 5.69 Å². The molecule has 1 aliphatic heterocycles. The fourth-order valence-electron chi connectivity index (χ4n) is 2.11. The third-order valence-corrected chi connectivity index (χ3v) is 3.33. The molecule has 0 saturated carbocycles. The highest BCUT2D eigenvalue weighted by atomic mass is 16.5. The molecule has 4 nitrogen and oxygen atoms in total. The standard InChI is InChI=1S/C11H19N3O/c1-3-8(2)10-11(15-14-13-10)9-4-6-12-7-5-9/h8-9,12H,3-7H2,1-2H3. The van der Waals surface area contributed by atoms with Crippen molar-refractivity contribution in [3.05, 3.63) is 11.5 Å². The van der Waals surface area contributed by atoms with Gasteiger partial charge in [-0.1, -0.05) is 13.8 Å². The first-order valence-electron chi connectivity index (χ1n) is 5.85. The lowest BCUT2D eigenvalue weighted by atomic mass is 9.90. The highest BCUT2D eigenvalue weighted by Crippen LogP contribution is 2.31. The van der Waals surface area contributed by atoms with Crippen molar-refractivity contribution in [2.45, 2.75) is 44.9 Å². The molecule has 1 fully saturated rings. The van der Waals surface area contributed by atoms with Crippen LogP contribution < -0.4 is 5.32 Å². The normalized spacial score (nSPS) is 20.4. The molecular formula is C11H19N3O. The Morgan fingerprint density at radius 1 is 1.47 bits per heavy atom. The van der Waals surface area contributed by atoms with Crippen molar-refractivity contribution < 1.29 is 4.52 Å². The molecule has 1 aromatic heterocycles. The molecule has 1 N–H and O–H groups in total. The second kappa shape index (κ2) is 4.75. The summed E-state index contributed by atoms with van der Waals surface area (Å²) in [4.78, 5) is 0. The zero-order chi connectivity index (χ0) is 10.7. The fourth-order valence-corrected chi connectivity index (χ4v) is 2.11. The summed E-state index contributed by atoms with van der Waals surface area (Å²) in [5, 5.41) is 11.2. The first-order valence-corrected chi connectivity index (χ1v) is 5.85. The van der Waals surface area contributed by atoms with Gasteiger partial charge in [0.2, 0.25) is 0 Å². The van der Waals surface area contributed by atoms with Crippen molar-refractivity contribution in [2.24, 2.45) is 0 Å². The van der Waals surface area contributed by atoms with Crippen molar-refractivity contribution in [2.75, 3.05) is 13.1 Å². The van der Waals surface area contributed by atoms with E-state index in [-0.39, 0.29) is 0 Å². The largest absolute Gasteiger partial charge is 0.342 e. The van der Waals surface area contributed by atoms with Gasteiger partial charge in [-0.05, 0) is 32.4 Å². The van der Waals surface area contributed by atoms with Gasteiger partial charge in [0.05, 0.1) is 0 Å². The van der Waals surface area contributed by atoms with E-state index in [1.54, 1.807) is 0 Å². The van der Waals surface area contributed by atoms with E-state index in [0.717, 1.165) is 43.8 Å². The van der Waals surface area contributed by atoms with Gasteiger partial charge in [-0.25, -0.2) is 0 Å². The molecule has 1 aromatic rings. The molecular weight excluding hydrogens is 190 g/mol. The van der Waals surface area contributed by atoms with Gasteiger partial charge >= 0.3 is 0 Å². The predicted molar refractivity (Wildman–Crippen MR) is 57.8 cm³/mol. The molecule has 0 aliphatic carbocycles. The molecule has 0 radical (unpaired) electrons. The van der Waals surface area contributed by atoms with Crippen LogP contribution in [0.1, 0.15) is 56.4 Å². The Hall–Kier alpha value is -0.900. The number of hydrogen-bond donors (Lipinski definition) is 1. The van der Waals surface area contributed by atoms with Crippen LogP contribution in [0.2, 0.25) is 0 Å². The summed E-state index contributed by atoms with van der Waals surface area (Å²) >= 11 is 0. The van der Waals surface area contributed by atoms with Crippen molar-refractivity contribution >= 4 is 0 Å². The van der Waals surface area contributed by atoms with Crippen LogP contribution in [0, 0.1) is 0 Å². The molecule has 4 heteroatoms. The zero-order valence-corrected chi connectivity index (χ0v) is 9.49. The molecule has 0 amide bonds. The van der Waals surface area contributed by atoms with Gasteiger partial charge in [0.25, 0.3) is 0 Å². The average Bonchev–Trinajstić information content (AvgIpc) is 2.78. The second-order valence-electron chi connectivity index (χ2n) is 4.36. The Morgan fingerprint density at radius 3 is 2.87 bits per heavy atom. The first-order chi connectivity index (χ1) is 7.33. The minimum Gasteiger partial charge on any atom is -0.342 e. The van der Waals surface area contributed by atoms with E-state index in [0.29, 0.717) is 11.8 Å². The Bertz CT molecular complexity index is 305. The minimum absolute atomic E-state index is 0.459. The topological polar surface area (TPSA) is 51.0 Å². The van der Waals surface area contributed by atoms with Crippen molar-refractivity contribution in [1.82, 2.24) is 15.7 Å². The first kappa shape index (κ1) is 10.6. The van der Waals surface area contributed by atoms with Gasteiger partial charge < -0.3 is 9.84 Å². The summed E-state index contributed by atoms with van der Waals surface area (Å²) in [5.41, 5.74) is 1.07. The molecule has 1 saturated heterocycles. The minimum atomic E-state index is 0.459. The summed E-state index contributed by atoms with van der Waals surface area (Å²) in [6.07, 6.45) is 3.37. The number of nitrogens with one attached hydrogen (secondary N) is 1. The monoisotopic (exact) mass is 209 g/mol. The number of nitrogens with zero attached hydrogens (tertiary/aromatic N) is 2.